The zero-order valence-corrected chi connectivity index (χ0v) is 19.2. The molecule has 0 aliphatic carbocycles. The first-order valence-corrected chi connectivity index (χ1v) is 11.1. The van der Waals surface area contributed by atoms with E-state index in [1.165, 1.54) is 38.1 Å². The number of rotatable bonds is 5. The molecule has 0 radical (unpaired) electrons. The highest BCUT2D eigenvalue weighted by Crippen LogP contribution is 2.20. The van der Waals surface area contributed by atoms with Gasteiger partial charge in [0.1, 0.15) is 12.1 Å². The van der Waals surface area contributed by atoms with Gasteiger partial charge in [0.25, 0.3) is 0 Å². The lowest BCUT2D eigenvalue weighted by Crippen LogP contribution is -2.37. The number of benzene rings is 1. The number of aromatic nitrogens is 3. The van der Waals surface area contributed by atoms with Crippen LogP contribution >= 0.6 is 0 Å². The van der Waals surface area contributed by atoms with Crippen LogP contribution in [0.25, 0.3) is 11.3 Å². The van der Waals surface area contributed by atoms with Crippen LogP contribution in [-0.4, -0.2) is 52.1 Å². The zero-order valence-electron chi connectivity index (χ0n) is 19.2. The van der Waals surface area contributed by atoms with Gasteiger partial charge >= 0.3 is 0 Å². The van der Waals surface area contributed by atoms with E-state index in [0.29, 0.717) is 12.5 Å². The van der Waals surface area contributed by atoms with E-state index in [-0.39, 0.29) is 12.4 Å². The second kappa shape index (κ2) is 13.5. The normalized spacial score (nSPS) is 14.0. The van der Waals surface area contributed by atoms with Crippen LogP contribution < -0.4 is 5.73 Å². The average Bonchev–Trinajstić information content (AvgIpc) is 3.22. The van der Waals surface area contributed by atoms with E-state index < -0.39 is 0 Å². The van der Waals surface area contributed by atoms with Gasteiger partial charge in [-0.3, -0.25) is 9.67 Å². The van der Waals surface area contributed by atoms with Crippen molar-refractivity contribution in [1.29, 1.82) is 0 Å². The van der Waals surface area contributed by atoms with Gasteiger partial charge in [-0.1, -0.05) is 26.0 Å². The Balaban J connectivity index is 0.000000304. The van der Waals surface area contributed by atoms with E-state index >= 15 is 0 Å². The minimum atomic E-state index is -0.261. The zero-order chi connectivity index (χ0) is 23.3. The summed E-state index contributed by atoms with van der Waals surface area (Å²) >= 11 is 0. The topological polar surface area (TPSA) is 77.0 Å². The number of nitrogens with zero attached hydrogens (tertiary/aromatic N) is 4. The number of piperidine rings is 1. The van der Waals surface area contributed by atoms with Crippen molar-refractivity contribution in [2.24, 2.45) is 5.73 Å². The van der Waals surface area contributed by atoms with Gasteiger partial charge in [-0.15, -0.1) is 0 Å². The highest BCUT2D eigenvalue weighted by atomic mass is 19.1. The highest BCUT2D eigenvalue weighted by Gasteiger charge is 2.11. The fraction of sp³-hybridized carbons (Fsp3) is 0.400. The molecule has 172 valence electrons. The third kappa shape index (κ3) is 7.98. The molecule has 1 aromatic carbocycles. The molecule has 0 spiro atoms. The van der Waals surface area contributed by atoms with Crippen molar-refractivity contribution in [1.82, 2.24) is 19.7 Å². The number of nitrogens with two attached hydrogens (primary N) is 1. The van der Waals surface area contributed by atoms with Crippen LogP contribution in [-0.2, 0) is 17.8 Å². The Morgan fingerprint density at radius 1 is 1.09 bits per heavy atom. The van der Waals surface area contributed by atoms with Crippen LogP contribution in [0.3, 0.4) is 0 Å². The number of pyridine rings is 1. The van der Waals surface area contributed by atoms with Gasteiger partial charge in [0.2, 0.25) is 0 Å². The largest absolute Gasteiger partial charge is 0.328 e. The summed E-state index contributed by atoms with van der Waals surface area (Å²) in [5.41, 5.74) is 9.28. The Labute approximate surface area is 190 Å². The maximum atomic E-state index is 13.0. The summed E-state index contributed by atoms with van der Waals surface area (Å²) in [6.45, 7) is 6.56. The van der Waals surface area contributed by atoms with Crippen molar-refractivity contribution >= 4 is 6.29 Å². The summed E-state index contributed by atoms with van der Waals surface area (Å²) in [4.78, 5) is 17.2. The maximum absolute atomic E-state index is 13.0. The Kier molecular flexibility index (Phi) is 10.7. The molecule has 0 unspecified atom stereocenters. The molecule has 0 amide bonds. The molecule has 1 fully saturated rings. The molecule has 0 atom stereocenters. The van der Waals surface area contributed by atoms with E-state index in [4.69, 9.17) is 5.73 Å². The van der Waals surface area contributed by atoms with Crippen molar-refractivity contribution < 1.29 is 9.18 Å². The molecule has 3 heterocycles. The van der Waals surface area contributed by atoms with E-state index in [0.717, 1.165) is 28.8 Å². The van der Waals surface area contributed by atoms with Crippen molar-refractivity contribution in [2.45, 2.75) is 45.7 Å². The molecule has 32 heavy (non-hydrogen) atoms. The number of carbonyl (C=O) groups excluding carboxylic acids is 1. The Bertz CT molecular complexity index is 909. The quantitative estimate of drug-likeness (QED) is 0.610. The molecule has 7 heteroatoms. The van der Waals surface area contributed by atoms with Crippen LogP contribution in [0.5, 0.6) is 0 Å². The van der Waals surface area contributed by atoms with Gasteiger partial charge in [-0.25, -0.2) is 4.39 Å². The Morgan fingerprint density at radius 3 is 2.28 bits per heavy atom. The molecule has 1 saturated heterocycles. The molecule has 1 aliphatic heterocycles. The first-order valence-electron chi connectivity index (χ1n) is 11.1. The predicted molar refractivity (Wildman–Crippen MR) is 127 cm³/mol. The fourth-order valence-electron chi connectivity index (χ4n) is 3.33. The first kappa shape index (κ1) is 25.4. The minimum absolute atomic E-state index is 0.196. The number of halogens is 1. The number of carbonyl (C=O) groups is 1. The van der Waals surface area contributed by atoms with Gasteiger partial charge in [0, 0.05) is 36.1 Å². The number of hydrogen-bond acceptors (Lipinski definition) is 5. The molecule has 6 nitrogen and oxygen atoms in total. The predicted octanol–water partition coefficient (Wildman–Crippen LogP) is 3.94. The molecule has 2 N–H and O–H groups in total. The summed E-state index contributed by atoms with van der Waals surface area (Å²) in [5.74, 6) is -0.261. The van der Waals surface area contributed by atoms with Gasteiger partial charge in [-0.05, 0) is 68.9 Å². The average molecular weight is 440 g/mol. The standard InChI is InChI=1S/C17H14FN3O.C6H14N2.C2H6/c18-15-3-1-13(2-4-15)11-16-12-17(20-21(16)9-10-22)14-5-7-19-8-6-14;1-8-4-2-6(7)3-5-8;1-2/h1-8,10,12H,9,11H2;6H,2-5,7H2,1H3;1-2H3. The highest BCUT2D eigenvalue weighted by molar-refractivity contribution is 5.59. The van der Waals surface area contributed by atoms with E-state index in [1.807, 2.05) is 32.0 Å². The monoisotopic (exact) mass is 439 g/mol. The lowest BCUT2D eigenvalue weighted by molar-refractivity contribution is -0.108. The molecular weight excluding hydrogens is 405 g/mol. The molecule has 0 bridgehead atoms. The summed E-state index contributed by atoms with van der Waals surface area (Å²) in [6.07, 6.45) is 7.16. The second-order valence-electron chi connectivity index (χ2n) is 7.55. The lowest BCUT2D eigenvalue weighted by atomic mass is 10.1. The Hall–Kier alpha value is -2.90. The molecular formula is C25H34FN5O. The van der Waals surface area contributed by atoms with Crippen molar-refractivity contribution in [3.8, 4) is 11.3 Å². The van der Waals surface area contributed by atoms with E-state index in [2.05, 4.69) is 22.0 Å². The SMILES string of the molecule is CC.CN1CCC(N)CC1.O=CCn1nc(-c2ccncc2)cc1Cc1ccc(F)cc1. The Morgan fingerprint density at radius 2 is 1.72 bits per heavy atom. The van der Waals surface area contributed by atoms with Crippen LogP contribution in [0.1, 0.15) is 37.9 Å². The van der Waals surface area contributed by atoms with Crippen LogP contribution in [0.4, 0.5) is 4.39 Å². The number of hydrogen-bond donors (Lipinski definition) is 1. The minimum Gasteiger partial charge on any atom is -0.328 e. The number of likely N-dealkylation sites (tertiary alicyclic amines) is 1. The van der Waals surface area contributed by atoms with Gasteiger partial charge in [0.15, 0.2) is 0 Å². The third-order valence-corrected chi connectivity index (χ3v) is 5.15. The first-order chi connectivity index (χ1) is 15.5. The molecule has 2 aromatic heterocycles. The summed E-state index contributed by atoms with van der Waals surface area (Å²) < 4.78 is 14.7. The van der Waals surface area contributed by atoms with Gasteiger partial charge < -0.3 is 15.4 Å². The maximum Gasteiger partial charge on any atom is 0.141 e. The van der Waals surface area contributed by atoms with E-state index in [9.17, 15) is 9.18 Å². The molecule has 3 aromatic rings. The van der Waals surface area contributed by atoms with Crippen molar-refractivity contribution in [3.05, 3.63) is 71.9 Å². The van der Waals surface area contributed by atoms with Crippen LogP contribution in [0.15, 0.2) is 54.9 Å². The van der Waals surface area contributed by atoms with Gasteiger partial charge in [0.05, 0.1) is 12.2 Å². The number of aldehydes is 1. The second-order valence-corrected chi connectivity index (χ2v) is 7.55. The fourth-order valence-corrected chi connectivity index (χ4v) is 3.33. The third-order valence-electron chi connectivity index (χ3n) is 5.15. The summed E-state index contributed by atoms with van der Waals surface area (Å²) in [7, 11) is 2.14. The van der Waals surface area contributed by atoms with Crippen LogP contribution in [0, 0.1) is 5.82 Å². The van der Waals surface area contributed by atoms with Gasteiger partial charge in [-0.2, -0.15) is 5.10 Å². The molecule has 0 saturated carbocycles. The van der Waals surface area contributed by atoms with Crippen molar-refractivity contribution in [2.75, 3.05) is 20.1 Å². The molecule has 4 rings (SSSR count). The van der Waals surface area contributed by atoms with E-state index in [1.54, 1.807) is 29.2 Å². The lowest BCUT2D eigenvalue weighted by Gasteiger charge is -2.25. The molecule has 1 aliphatic rings. The summed E-state index contributed by atoms with van der Waals surface area (Å²) in [5, 5.41) is 4.47. The van der Waals surface area contributed by atoms with Crippen LogP contribution in [0.2, 0.25) is 0 Å². The summed E-state index contributed by atoms with van der Waals surface area (Å²) in [6, 6.07) is 12.5. The smallest absolute Gasteiger partial charge is 0.141 e. The van der Waals surface area contributed by atoms with Crippen molar-refractivity contribution in [3.63, 3.8) is 0 Å².